The molecule has 0 radical (unpaired) electrons. The third kappa shape index (κ3) is 8.32. The molecule has 0 aliphatic carbocycles. The molecule has 0 aromatic carbocycles. The molecule has 0 aliphatic heterocycles. The number of nitrogens with one attached hydrogen (secondary N) is 1. The molecular formula is C15H27NO4. The van der Waals surface area contributed by atoms with Crippen LogP contribution in [0.25, 0.3) is 0 Å². The molecule has 5 nitrogen and oxygen atoms in total. The van der Waals surface area contributed by atoms with Gasteiger partial charge in [-0.3, -0.25) is 0 Å². The van der Waals surface area contributed by atoms with E-state index in [2.05, 4.69) is 26.1 Å². The van der Waals surface area contributed by atoms with Crippen LogP contribution in [0.4, 0.5) is 0 Å². The molecule has 1 rings (SSSR count). The van der Waals surface area contributed by atoms with Gasteiger partial charge in [-0.05, 0) is 26.8 Å². The first-order chi connectivity index (χ1) is 9.51. The van der Waals surface area contributed by atoms with Crippen molar-refractivity contribution >= 4 is 0 Å². The van der Waals surface area contributed by atoms with Crippen molar-refractivity contribution in [1.29, 1.82) is 0 Å². The SMILES string of the molecule is COCCOCCOCc1cc(CNC(C)(C)C)co1. The Morgan fingerprint density at radius 1 is 1.10 bits per heavy atom. The first-order valence-corrected chi connectivity index (χ1v) is 6.97. The summed E-state index contributed by atoms with van der Waals surface area (Å²) in [5.74, 6) is 0.840. The molecule has 0 saturated carbocycles. The smallest absolute Gasteiger partial charge is 0.129 e. The van der Waals surface area contributed by atoms with E-state index in [0.29, 0.717) is 33.0 Å². The molecule has 0 fully saturated rings. The zero-order valence-corrected chi connectivity index (χ0v) is 13.0. The summed E-state index contributed by atoms with van der Waals surface area (Å²) < 4.78 is 21.1. The highest BCUT2D eigenvalue weighted by Gasteiger charge is 2.09. The largest absolute Gasteiger partial charge is 0.467 e. The predicted molar refractivity (Wildman–Crippen MR) is 77.7 cm³/mol. The van der Waals surface area contributed by atoms with Crippen molar-refractivity contribution < 1.29 is 18.6 Å². The van der Waals surface area contributed by atoms with E-state index < -0.39 is 0 Å². The second-order valence-electron chi connectivity index (χ2n) is 5.68. The number of hydrogen-bond donors (Lipinski definition) is 1. The lowest BCUT2D eigenvalue weighted by atomic mass is 10.1. The predicted octanol–water partition coefficient (Wildman–Crippen LogP) is 2.35. The Kier molecular flexibility index (Phi) is 7.84. The van der Waals surface area contributed by atoms with Crippen LogP contribution >= 0.6 is 0 Å². The summed E-state index contributed by atoms with van der Waals surface area (Å²) in [6.45, 7) is 10.0. The number of hydrogen-bond acceptors (Lipinski definition) is 5. The quantitative estimate of drug-likeness (QED) is 0.669. The monoisotopic (exact) mass is 285 g/mol. The van der Waals surface area contributed by atoms with Gasteiger partial charge in [0.25, 0.3) is 0 Å². The molecule has 20 heavy (non-hydrogen) atoms. The molecule has 0 saturated heterocycles. The van der Waals surface area contributed by atoms with Crippen LogP contribution in [0.5, 0.6) is 0 Å². The zero-order chi connectivity index (χ0) is 14.8. The molecule has 0 spiro atoms. The average Bonchev–Trinajstić information content (AvgIpc) is 2.82. The molecule has 1 heterocycles. The van der Waals surface area contributed by atoms with Gasteiger partial charge < -0.3 is 23.9 Å². The average molecular weight is 285 g/mol. The van der Waals surface area contributed by atoms with Gasteiger partial charge in [-0.2, -0.15) is 0 Å². The molecular weight excluding hydrogens is 258 g/mol. The van der Waals surface area contributed by atoms with Crippen LogP contribution in [0, 0.1) is 0 Å². The third-order valence-electron chi connectivity index (χ3n) is 2.58. The van der Waals surface area contributed by atoms with Gasteiger partial charge in [0.15, 0.2) is 0 Å². The highest BCUT2D eigenvalue weighted by molar-refractivity contribution is 5.12. The molecule has 1 N–H and O–H groups in total. The van der Waals surface area contributed by atoms with E-state index in [-0.39, 0.29) is 5.54 Å². The first-order valence-electron chi connectivity index (χ1n) is 6.97. The van der Waals surface area contributed by atoms with Crippen molar-refractivity contribution in [3.63, 3.8) is 0 Å². The maximum absolute atomic E-state index is 5.48. The summed E-state index contributed by atoms with van der Waals surface area (Å²) in [6, 6.07) is 2.02. The van der Waals surface area contributed by atoms with Gasteiger partial charge in [0.1, 0.15) is 12.4 Å². The second-order valence-corrected chi connectivity index (χ2v) is 5.68. The van der Waals surface area contributed by atoms with Gasteiger partial charge in [0.05, 0.1) is 32.7 Å². The second kappa shape index (κ2) is 9.13. The minimum Gasteiger partial charge on any atom is -0.467 e. The van der Waals surface area contributed by atoms with E-state index in [1.54, 1.807) is 13.4 Å². The number of ether oxygens (including phenoxy) is 3. The maximum atomic E-state index is 5.48. The van der Waals surface area contributed by atoms with Crippen molar-refractivity contribution in [2.24, 2.45) is 0 Å². The Balaban J connectivity index is 2.11. The molecule has 0 bridgehead atoms. The van der Waals surface area contributed by atoms with Crippen LogP contribution in [0.1, 0.15) is 32.1 Å². The zero-order valence-electron chi connectivity index (χ0n) is 13.0. The van der Waals surface area contributed by atoms with E-state index in [4.69, 9.17) is 18.6 Å². The van der Waals surface area contributed by atoms with E-state index in [1.165, 1.54) is 0 Å². The van der Waals surface area contributed by atoms with E-state index in [0.717, 1.165) is 17.9 Å². The van der Waals surface area contributed by atoms with Crippen LogP contribution in [-0.4, -0.2) is 39.1 Å². The van der Waals surface area contributed by atoms with Crippen LogP contribution in [-0.2, 0) is 27.4 Å². The Bertz CT molecular complexity index is 357. The van der Waals surface area contributed by atoms with Gasteiger partial charge in [-0.1, -0.05) is 0 Å². The summed E-state index contributed by atoms with van der Waals surface area (Å²) in [5.41, 5.74) is 1.24. The highest BCUT2D eigenvalue weighted by Crippen LogP contribution is 2.10. The van der Waals surface area contributed by atoms with Crippen molar-refractivity contribution in [3.8, 4) is 0 Å². The van der Waals surface area contributed by atoms with Crippen LogP contribution in [0.15, 0.2) is 16.7 Å². The Hall–Kier alpha value is -0.880. The number of furan rings is 1. The summed E-state index contributed by atoms with van der Waals surface area (Å²) in [6.07, 6.45) is 1.77. The van der Waals surface area contributed by atoms with Gasteiger partial charge in [0, 0.05) is 24.8 Å². The Morgan fingerprint density at radius 2 is 1.80 bits per heavy atom. The third-order valence-corrected chi connectivity index (χ3v) is 2.58. The van der Waals surface area contributed by atoms with E-state index >= 15 is 0 Å². The molecule has 0 unspecified atom stereocenters. The van der Waals surface area contributed by atoms with Crippen LogP contribution < -0.4 is 5.32 Å². The highest BCUT2D eigenvalue weighted by atomic mass is 16.5. The van der Waals surface area contributed by atoms with Crippen LogP contribution in [0.2, 0.25) is 0 Å². The van der Waals surface area contributed by atoms with Crippen LogP contribution in [0.3, 0.4) is 0 Å². The summed E-state index contributed by atoms with van der Waals surface area (Å²) in [4.78, 5) is 0. The van der Waals surface area contributed by atoms with Crippen molar-refractivity contribution in [1.82, 2.24) is 5.32 Å². The Morgan fingerprint density at radius 3 is 2.50 bits per heavy atom. The maximum Gasteiger partial charge on any atom is 0.129 e. The Labute approximate surface area is 121 Å². The molecule has 1 aromatic heterocycles. The fourth-order valence-corrected chi connectivity index (χ4v) is 1.50. The van der Waals surface area contributed by atoms with E-state index in [9.17, 15) is 0 Å². The first kappa shape index (κ1) is 17.2. The van der Waals surface area contributed by atoms with Gasteiger partial charge in [0.2, 0.25) is 0 Å². The van der Waals surface area contributed by atoms with Crippen molar-refractivity contribution in [3.05, 3.63) is 23.7 Å². The standard InChI is InChI=1S/C15H27NO4/c1-15(2,3)16-10-13-9-14(20-11-13)12-19-8-7-18-6-5-17-4/h9,11,16H,5-8,10,12H2,1-4H3. The lowest BCUT2D eigenvalue weighted by Gasteiger charge is -2.19. The van der Waals surface area contributed by atoms with Gasteiger partial charge >= 0.3 is 0 Å². The molecule has 0 aliphatic rings. The fourth-order valence-electron chi connectivity index (χ4n) is 1.50. The lowest BCUT2D eigenvalue weighted by Crippen LogP contribution is -2.34. The minimum absolute atomic E-state index is 0.105. The normalized spacial score (nSPS) is 12.0. The molecule has 0 amide bonds. The summed E-state index contributed by atoms with van der Waals surface area (Å²) >= 11 is 0. The van der Waals surface area contributed by atoms with Crippen molar-refractivity contribution in [2.75, 3.05) is 33.5 Å². The number of methoxy groups -OCH3 is 1. The van der Waals surface area contributed by atoms with E-state index in [1.807, 2.05) is 6.07 Å². The number of rotatable bonds is 10. The van der Waals surface area contributed by atoms with Gasteiger partial charge in [-0.15, -0.1) is 0 Å². The molecule has 1 aromatic rings. The minimum atomic E-state index is 0.105. The summed E-state index contributed by atoms with van der Waals surface area (Å²) in [5, 5.41) is 3.41. The topological polar surface area (TPSA) is 52.9 Å². The summed E-state index contributed by atoms with van der Waals surface area (Å²) in [7, 11) is 1.66. The van der Waals surface area contributed by atoms with Crippen molar-refractivity contribution in [2.45, 2.75) is 39.5 Å². The molecule has 0 atom stereocenters. The molecule has 5 heteroatoms. The molecule has 116 valence electrons. The van der Waals surface area contributed by atoms with Gasteiger partial charge in [-0.25, -0.2) is 0 Å². The lowest BCUT2D eigenvalue weighted by molar-refractivity contribution is 0.0162. The fraction of sp³-hybridized carbons (Fsp3) is 0.733.